The van der Waals surface area contributed by atoms with Crippen molar-refractivity contribution in [2.24, 2.45) is 0 Å². The molecule has 1 aromatic carbocycles. The Kier molecular flexibility index (Phi) is 4.40. The van der Waals surface area contributed by atoms with E-state index in [0.29, 0.717) is 6.61 Å². The van der Waals surface area contributed by atoms with Gasteiger partial charge in [-0.25, -0.2) is 0 Å². The van der Waals surface area contributed by atoms with Crippen LogP contribution >= 0.6 is 22.9 Å². The monoisotopic (exact) mass is 269 g/mol. The van der Waals surface area contributed by atoms with E-state index in [1.54, 1.807) is 18.4 Å². The van der Waals surface area contributed by atoms with Gasteiger partial charge in [-0.3, -0.25) is 0 Å². The lowest BCUT2D eigenvalue weighted by atomic mass is 10.1. The predicted octanol–water partition coefficient (Wildman–Crippen LogP) is 3.81. The first kappa shape index (κ1) is 12.8. The minimum Gasteiger partial charge on any atom is -0.380 e. The van der Waals surface area contributed by atoms with Crippen LogP contribution in [-0.4, -0.2) is 13.7 Å². The van der Waals surface area contributed by atoms with Gasteiger partial charge in [0.15, 0.2) is 0 Å². The largest absolute Gasteiger partial charge is 0.380 e. The van der Waals surface area contributed by atoms with Crippen molar-refractivity contribution in [3.8, 4) is 0 Å². The first-order valence-corrected chi connectivity index (χ1v) is 6.85. The maximum atomic E-state index is 6.23. The SMILES string of the molecule is CCNCc1sc2c(Cl)cccc2c1COC. The third-order valence-corrected chi connectivity index (χ3v) is 4.39. The summed E-state index contributed by atoms with van der Waals surface area (Å²) >= 11 is 7.98. The second-order valence-electron chi connectivity index (χ2n) is 3.83. The van der Waals surface area contributed by atoms with Crippen molar-refractivity contribution in [2.75, 3.05) is 13.7 Å². The zero-order chi connectivity index (χ0) is 12.3. The highest BCUT2D eigenvalue weighted by Gasteiger charge is 2.13. The number of fused-ring (bicyclic) bond motifs is 1. The van der Waals surface area contributed by atoms with E-state index in [1.165, 1.54) is 15.8 Å². The summed E-state index contributed by atoms with van der Waals surface area (Å²) in [6.45, 7) is 4.59. The van der Waals surface area contributed by atoms with E-state index in [4.69, 9.17) is 16.3 Å². The molecule has 92 valence electrons. The second kappa shape index (κ2) is 5.83. The number of ether oxygens (including phenoxy) is 1. The number of rotatable bonds is 5. The molecule has 1 heterocycles. The average Bonchev–Trinajstić information content (AvgIpc) is 2.67. The molecule has 0 bridgehead atoms. The molecule has 0 saturated carbocycles. The van der Waals surface area contributed by atoms with Gasteiger partial charge in [0.1, 0.15) is 0 Å². The average molecular weight is 270 g/mol. The van der Waals surface area contributed by atoms with E-state index >= 15 is 0 Å². The lowest BCUT2D eigenvalue weighted by Gasteiger charge is -2.03. The number of nitrogens with one attached hydrogen (secondary N) is 1. The Bertz CT molecular complexity index is 509. The van der Waals surface area contributed by atoms with Gasteiger partial charge >= 0.3 is 0 Å². The Morgan fingerprint density at radius 2 is 2.24 bits per heavy atom. The molecule has 0 unspecified atom stereocenters. The third kappa shape index (κ3) is 2.63. The molecule has 0 atom stereocenters. The Morgan fingerprint density at radius 1 is 1.41 bits per heavy atom. The van der Waals surface area contributed by atoms with Crippen LogP contribution in [0.1, 0.15) is 17.4 Å². The third-order valence-electron chi connectivity index (χ3n) is 2.68. The summed E-state index contributed by atoms with van der Waals surface area (Å²) in [5.41, 5.74) is 1.26. The van der Waals surface area contributed by atoms with Crippen molar-refractivity contribution in [2.45, 2.75) is 20.1 Å². The second-order valence-corrected chi connectivity index (χ2v) is 5.35. The van der Waals surface area contributed by atoms with Gasteiger partial charge in [-0.2, -0.15) is 0 Å². The van der Waals surface area contributed by atoms with Gasteiger partial charge in [0.05, 0.1) is 16.3 Å². The van der Waals surface area contributed by atoms with Gasteiger partial charge in [0, 0.05) is 24.1 Å². The first-order chi connectivity index (χ1) is 8.27. The van der Waals surface area contributed by atoms with E-state index in [2.05, 4.69) is 18.3 Å². The molecule has 0 aliphatic heterocycles. The van der Waals surface area contributed by atoms with Crippen molar-refractivity contribution in [3.05, 3.63) is 33.7 Å². The Hall–Kier alpha value is -0.610. The van der Waals surface area contributed by atoms with Gasteiger partial charge < -0.3 is 10.1 Å². The summed E-state index contributed by atoms with van der Waals surface area (Å²) in [4.78, 5) is 1.32. The van der Waals surface area contributed by atoms with Crippen LogP contribution in [0.2, 0.25) is 5.02 Å². The Morgan fingerprint density at radius 3 is 2.94 bits per heavy atom. The summed E-state index contributed by atoms with van der Waals surface area (Å²) < 4.78 is 6.45. The van der Waals surface area contributed by atoms with E-state index < -0.39 is 0 Å². The molecule has 1 aromatic heterocycles. The molecule has 0 aliphatic rings. The smallest absolute Gasteiger partial charge is 0.0730 e. The van der Waals surface area contributed by atoms with Crippen LogP contribution in [-0.2, 0) is 17.9 Å². The fraction of sp³-hybridized carbons (Fsp3) is 0.385. The number of halogens is 1. The molecule has 2 nitrogen and oxygen atoms in total. The Balaban J connectivity index is 2.49. The van der Waals surface area contributed by atoms with Crippen LogP contribution < -0.4 is 5.32 Å². The van der Waals surface area contributed by atoms with E-state index in [9.17, 15) is 0 Å². The van der Waals surface area contributed by atoms with Crippen molar-refractivity contribution < 1.29 is 4.74 Å². The maximum absolute atomic E-state index is 6.23. The topological polar surface area (TPSA) is 21.3 Å². The molecular formula is C13H16ClNOS. The summed E-state index contributed by atoms with van der Waals surface area (Å²) in [5, 5.41) is 5.40. The number of methoxy groups -OCH3 is 1. The van der Waals surface area contributed by atoms with Gasteiger partial charge in [0.2, 0.25) is 0 Å². The van der Waals surface area contributed by atoms with Crippen molar-refractivity contribution >= 4 is 33.0 Å². The van der Waals surface area contributed by atoms with Crippen LogP contribution in [0.4, 0.5) is 0 Å². The van der Waals surface area contributed by atoms with E-state index in [1.807, 2.05) is 12.1 Å². The predicted molar refractivity (Wildman–Crippen MR) is 74.9 cm³/mol. The lowest BCUT2D eigenvalue weighted by molar-refractivity contribution is 0.185. The molecule has 0 fully saturated rings. The van der Waals surface area contributed by atoms with Crippen molar-refractivity contribution in [1.29, 1.82) is 0 Å². The van der Waals surface area contributed by atoms with Crippen LogP contribution in [0.5, 0.6) is 0 Å². The summed E-state index contributed by atoms with van der Waals surface area (Å²) in [5.74, 6) is 0. The molecule has 2 rings (SSSR count). The molecule has 0 saturated heterocycles. The first-order valence-electron chi connectivity index (χ1n) is 5.66. The van der Waals surface area contributed by atoms with Crippen LogP contribution in [0.15, 0.2) is 18.2 Å². The molecule has 1 N–H and O–H groups in total. The van der Waals surface area contributed by atoms with Crippen molar-refractivity contribution in [3.63, 3.8) is 0 Å². The van der Waals surface area contributed by atoms with Gasteiger partial charge in [-0.15, -0.1) is 11.3 Å². The van der Waals surface area contributed by atoms with Gasteiger partial charge in [-0.1, -0.05) is 30.7 Å². The normalized spacial score (nSPS) is 11.2. The fourth-order valence-corrected chi connectivity index (χ4v) is 3.34. The van der Waals surface area contributed by atoms with Crippen LogP contribution in [0, 0.1) is 0 Å². The summed E-state index contributed by atoms with van der Waals surface area (Å²) in [6, 6.07) is 6.04. The highest BCUT2D eigenvalue weighted by atomic mass is 35.5. The molecule has 0 amide bonds. The lowest BCUT2D eigenvalue weighted by Crippen LogP contribution is -2.11. The molecular weight excluding hydrogens is 254 g/mol. The minimum atomic E-state index is 0.640. The number of thiophene rings is 1. The Labute approximate surface area is 111 Å². The van der Waals surface area contributed by atoms with E-state index in [-0.39, 0.29) is 0 Å². The maximum Gasteiger partial charge on any atom is 0.0730 e. The summed E-state index contributed by atoms with van der Waals surface area (Å²) in [7, 11) is 1.73. The molecule has 0 aliphatic carbocycles. The van der Waals surface area contributed by atoms with E-state index in [0.717, 1.165) is 22.8 Å². The number of hydrogen-bond acceptors (Lipinski definition) is 3. The van der Waals surface area contributed by atoms with Crippen LogP contribution in [0.25, 0.3) is 10.1 Å². The molecule has 0 radical (unpaired) electrons. The molecule has 0 spiro atoms. The van der Waals surface area contributed by atoms with Gasteiger partial charge in [-0.05, 0) is 18.0 Å². The molecule has 4 heteroatoms. The minimum absolute atomic E-state index is 0.640. The fourth-order valence-electron chi connectivity index (χ4n) is 1.87. The number of hydrogen-bond donors (Lipinski definition) is 1. The standard InChI is InChI=1S/C13H16ClNOS/c1-3-15-7-12-10(8-16-2)9-5-4-6-11(14)13(9)17-12/h4-6,15H,3,7-8H2,1-2H3. The highest BCUT2D eigenvalue weighted by molar-refractivity contribution is 7.20. The number of benzene rings is 1. The van der Waals surface area contributed by atoms with Gasteiger partial charge in [0.25, 0.3) is 0 Å². The summed E-state index contributed by atoms with van der Waals surface area (Å²) in [6.07, 6.45) is 0. The highest BCUT2D eigenvalue weighted by Crippen LogP contribution is 2.36. The van der Waals surface area contributed by atoms with Crippen LogP contribution in [0.3, 0.4) is 0 Å². The zero-order valence-electron chi connectivity index (χ0n) is 10.0. The molecule has 2 aromatic rings. The zero-order valence-corrected chi connectivity index (χ0v) is 11.6. The quantitative estimate of drug-likeness (QED) is 0.891. The molecule has 17 heavy (non-hydrogen) atoms. The van der Waals surface area contributed by atoms with Crippen molar-refractivity contribution in [1.82, 2.24) is 5.32 Å².